The number of piperidine rings is 1. The molecule has 1 saturated heterocycles. The van der Waals surface area contributed by atoms with E-state index in [9.17, 15) is 4.79 Å². The number of rotatable bonds is 14. The largest absolute Gasteiger partial charge is 0.444 e. The maximum Gasteiger partial charge on any atom is 0.410 e. The lowest BCUT2D eigenvalue weighted by Crippen LogP contribution is -2.44. The van der Waals surface area contributed by atoms with Crippen LogP contribution >= 0.6 is 0 Å². The van der Waals surface area contributed by atoms with Crippen LogP contribution < -0.4 is 0 Å². The third kappa shape index (κ3) is 13.2. The van der Waals surface area contributed by atoms with Crippen LogP contribution in [0.1, 0.15) is 125 Å². The summed E-state index contributed by atoms with van der Waals surface area (Å²) in [7, 11) is 0. The van der Waals surface area contributed by atoms with Gasteiger partial charge in [-0.3, -0.25) is 0 Å². The number of carbonyl (C=O) groups excluding carboxylic acids is 1. The van der Waals surface area contributed by atoms with E-state index in [2.05, 4.69) is 13.8 Å². The second-order valence-corrected chi connectivity index (χ2v) is 9.83. The lowest BCUT2D eigenvalue weighted by Gasteiger charge is -2.35. The molecule has 0 radical (unpaired) electrons. The van der Waals surface area contributed by atoms with Crippen LogP contribution in [0.2, 0.25) is 0 Å². The predicted octanol–water partition coefficient (Wildman–Crippen LogP) is 7.49. The number of amides is 1. The Morgan fingerprint density at radius 3 is 1.79 bits per heavy atom. The maximum absolute atomic E-state index is 12.3. The first-order chi connectivity index (χ1) is 13.9. The van der Waals surface area contributed by atoms with Crippen molar-refractivity contribution < 1.29 is 14.3 Å². The third-order valence-electron chi connectivity index (χ3n) is 5.74. The summed E-state index contributed by atoms with van der Waals surface area (Å²) in [6.07, 6.45) is 18.0. The van der Waals surface area contributed by atoms with E-state index in [1.165, 1.54) is 77.0 Å². The summed E-state index contributed by atoms with van der Waals surface area (Å²) in [5, 5.41) is 0. The standard InChI is InChI=1S/C25H49NO3/c1-6-8-10-12-14-16-22(17-15-13-11-9-7-2)28-23-18-20-26(21-19-23)24(27)29-25(3,4)5/h22-23H,6-21H2,1-5H3. The molecule has 0 aromatic carbocycles. The molecule has 172 valence electrons. The highest BCUT2D eigenvalue weighted by Crippen LogP contribution is 2.23. The average Bonchev–Trinajstić information content (AvgIpc) is 2.66. The van der Waals surface area contributed by atoms with Gasteiger partial charge < -0.3 is 14.4 Å². The molecule has 0 bridgehead atoms. The Balaban J connectivity index is 2.37. The van der Waals surface area contributed by atoms with Crippen LogP contribution in [0, 0.1) is 0 Å². The van der Waals surface area contributed by atoms with Gasteiger partial charge in [-0.25, -0.2) is 4.79 Å². The number of ether oxygens (including phenoxy) is 2. The second-order valence-electron chi connectivity index (χ2n) is 9.83. The molecule has 0 saturated carbocycles. The highest BCUT2D eigenvalue weighted by Gasteiger charge is 2.28. The first-order valence-corrected chi connectivity index (χ1v) is 12.5. The van der Waals surface area contributed by atoms with Crippen molar-refractivity contribution in [3.8, 4) is 0 Å². The molecule has 4 nitrogen and oxygen atoms in total. The van der Waals surface area contributed by atoms with Crippen molar-refractivity contribution in [2.24, 2.45) is 0 Å². The molecule has 4 heteroatoms. The lowest BCUT2D eigenvalue weighted by molar-refractivity contribution is -0.0531. The predicted molar refractivity (Wildman–Crippen MR) is 122 cm³/mol. The Labute approximate surface area is 181 Å². The Hall–Kier alpha value is -0.770. The summed E-state index contributed by atoms with van der Waals surface area (Å²) in [4.78, 5) is 14.1. The molecular weight excluding hydrogens is 362 g/mol. The van der Waals surface area contributed by atoms with Crippen molar-refractivity contribution in [3.63, 3.8) is 0 Å². The van der Waals surface area contributed by atoms with E-state index >= 15 is 0 Å². The fourth-order valence-corrected chi connectivity index (χ4v) is 4.00. The summed E-state index contributed by atoms with van der Waals surface area (Å²) in [5.41, 5.74) is -0.426. The van der Waals surface area contributed by atoms with Gasteiger partial charge in [0.2, 0.25) is 0 Å². The first kappa shape index (κ1) is 26.3. The quantitative estimate of drug-likeness (QED) is 0.278. The van der Waals surface area contributed by atoms with Crippen molar-refractivity contribution in [3.05, 3.63) is 0 Å². The van der Waals surface area contributed by atoms with E-state index in [-0.39, 0.29) is 6.09 Å². The van der Waals surface area contributed by atoms with E-state index in [1.807, 2.05) is 25.7 Å². The zero-order chi connectivity index (χ0) is 21.5. The van der Waals surface area contributed by atoms with Crippen LogP contribution in [0.3, 0.4) is 0 Å². The molecule has 0 unspecified atom stereocenters. The van der Waals surface area contributed by atoms with Gasteiger partial charge >= 0.3 is 6.09 Å². The molecule has 0 N–H and O–H groups in total. The smallest absolute Gasteiger partial charge is 0.410 e. The minimum Gasteiger partial charge on any atom is -0.444 e. The van der Waals surface area contributed by atoms with Crippen LogP contribution in [-0.4, -0.2) is 41.9 Å². The minimum atomic E-state index is -0.426. The molecule has 0 aromatic rings. The molecule has 1 heterocycles. The van der Waals surface area contributed by atoms with Gasteiger partial charge in [-0.2, -0.15) is 0 Å². The number of hydrogen-bond acceptors (Lipinski definition) is 3. The number of carbonyl (C=O) groups is 1. The summed E-state index contributed by atoms with van der Waals surface area (Å²) in [5.74, 6) is 0. The monoisotopic (exact) mass is 411 g/mol. The first-order valence-electron chi connectivity index (χ1n) is 12.5. The van der Waals surface area contributed by atoms with Gasteiger partial charge in [-0.05, 0) is 46.5 Å². The van der Waals surface area contributed by atoms with E-state index in [4.69, 9.17) is 9.47 Å². The molecular formula is C25H49NO3. The van der Waals surface area contributed by atoms with Crippen molar-refractivity contribution in [1.29, 1.82) is 0 Å². The second kappa shape index (κ2) is 15.1. The fourth-order valence-electron chi connectivity index (χ4n) is 4.00. The molecule has 0 aliphatic carbocycles. The van der Waals surface area contributed by atoms with Gasteiger partial charge in [-0.1, -0.05) is 78.1 Å². The summed E-state index contributed by atoms with van der Waals surface area (Å²) < 4.78 is 12.1. The summed E-state index contributed by atoms with van der Waals surface area (Å²) in [6, 6.07) is 0. The molecule has 1 aliphatic heterocycles. The highest BCUT2D eigenvalue weighted by atomic mass is 16.6. The average molecular weight is 412 g/mol. The molecule has 1 amide bonds. The van der Waals surface area contributed by atoms with Crippen LogP contribution in [0.4, 0.5) is 4.79 Å². The van der Waals surface area contributed by atoms with Gasteiger partial charge in [0.25, 0.3) is 0 Å². The van der Waals surface area contributed by atoms with E-state index in [0.717, 1.165) is 25.9 Å². The fraction of sp³-hybridized carbons (Fsp3) is 0.960. The Bertz CT molecular complexity index is 397. The SMILES string of the molecule is CCCCCCCC(CCCCCCC)OC1CCN(C(=O)OC(C)(C)C)CC1. The van der Waals surface area contributed by atoms with Crippen molar-refractivity contribution >= 4 is 6.09 Å². The van der Waals surface area contributed by atoms with Crippen LogP contribution in [0.15, 0.2) is 0 Å². The topological polar surface area (TPSA) is 38.8 Å². The lowest BCUT2D eigenvalue weighted by atomic mass is 10.0. The van der Waals surface area contributed by atoms with Crippen molar-refractivity contribution in [2.75, 3.05) is 13.1 Å². The normalized spacial score (nSPS) is 15.9. The maximum atomic E-state index is 12.3. The number of nitrogens with zero attached hydrogens (tertiary/aromatic N) is 1. The van der Waals surface area contributed by atoms with Gasteiger partial charge in [0, 0.05) is 13.1 Å². The number of hydrogen-bond donors (Lipinski definition) is 0. The molecule has 29 heavy (non-hydrogen) atoms. The summed E-state index contributed by atoms with van der Waals surface area (Å²) >= 11 is 0. The molecule has 1 aliphatic rings. The zero-order valence-electron chi connectivity index (χ0n) is 20.1. The van der Waals surface area contributed by atoms with Gasteiger partial charge in [0.15, 0.2) is 0 Å². The van der Waals surface area contributed by atoms with E-state index < -0.39 is 5.60 Å². The number of unbranched alkanes of at least 4 members (excludes halogenated alkanes) is 8. The van der Waals surface area contributed by atoms with E-state index in [0.29, 0.717) is 12.2 Å². The molecule has 0 atom stereocenters. The van der Waals surface area contributed by atoms with Crippen molar-refractivity contribution in [1.82, 2.24) is 4.90 Å². The third-order valence-corrected chi connectivity index (χ3v) is 5.74. The van der Waals surface area contributed by atoms with Crippen molar-refractivity contribution in [2.45, 2.75) is 142 Å². The van der Waals surface area contributed by atoms with Gasteiger partial charge in [-0.15, -0.1) is 0 Å². The van der Waals surface area contributed by atoms with Gasteiger partial charge in [0.05, 0.1) is 12.2 Å². The van der Waals surface area contributed by atoms with Gasteiger partial charge in [0.1, 0.15) is 5.60 Å². The molecule has 0 spiro atoms. The zero-order valence-corrected chi connectivity index (χ0v) is 20.1. The Morgan fingerprint density at radius 2 is 1.34 bits per heavy atom. The van der Waals surface area contributed by atoms with E-state index in [1.54, 1.807) is 0 Å². The van der Waals surface area contributed by atoms with Crippen LogP contribution in [-0.2, 0) is 9.47 Å². The number of likely N-dealkylation sites (tertiary alicyclic amines) is 1. The van der Waals surface area contributed by atoms with Crippen LogP contribution in [0.5, 0.6) is 0 Å². The Kier molecular flexibility index (Phi) is 13.7. The molecule has 1 fully saturated rings. The van der Waals surface area contributed by atoms with Crippen LogP contribution in [0.25, 0.3) is 0 Å². The Morgan fingerprint density at radius 1 is 0.862 bits per heavy atom. The highest BCUT2D eigenvalue weighted by molar-refractivity contribution is 5.68. The molecule has 0 aromatic heterocycles. The molecule has 1 rings (SSSR count). The summed E-state index contributed by atoms with van der Waals surface area (Å²) in [6.45, 7) is 11.8. The minimum absolute atomic E-state index is 0.181.